The van der Waals surface area contributed by atoms with Crippen molar-refractivity contribution in [1.29, 1.82) is 0 Å². The fourth-order valence-electron chi connectivity index (χ4n) is 4.81. The Morgan fingerprint density at radius 3 is 2.45 bits per heavy atom. The fraction of sp³-hybridized carbons (Fsp3) is 0.242. The third-order valence-electron chi connectivity index (χ3n) is 6.80. The zero-order valence-electron chi connectivity index (χ0n) is 24.1. The number of para-hydroxylation sites is 1. The van der Waals surface area contributed by atoms with Gasteiger partial charge in [-0.1, -0.05) is 30.3 Å². The number of esters is 1. The number of methoxy groups -OCH3 is 1. The Hall–Kier alpha value is -5.05. The topological polar surface area (TPSA) is 120 Å². The molecule has 2 aromatic heterocycles. The second-order valence-electron chi connectivity index (χ2n) is 11.0. The molecule has 0 saturated carbocycles. The van der Waals surface area contributed by atoms with E-state index in [1.807, 2.05) is 48.5 Å². The molecule has 0 saturated heterocycles. The molecule has 0 fully saturated rings. The van der Waals surface area contributed by atoms with Gasteiger partial charge in [0.1, 0.15) is 28.7 Å². The first kappa shape index (κ1) is 28.5. The molecule has 5 rings (SSSR count). The van der Waals surface area contributed by atoms with Crippen LogP contribution in [0.3, 0.4) is 0 Å². The molecule has 1 atom stereocenters. The van der Waals surface area contributed by atoms with Gasteiger partial charge in [-0.2, -0.15) is 0 Å². The van der Waals surface area contributed by atoms with E-state index >= 15 is 0 Å². The van der Waals surface area contributed by atoms with Crippen molar-refractivity contribution in [3.63, 3.8) is 0 Å². The molecule has 3 aromatic carbocycles. The number of nitrogens with one attached hydrogen (secondary N) is 2. The van der Waals surface area contributed by atoms with Gasteiger partial charge in [0, 0.05) is 40.5 Å². The summed E-state index contributed by atoms with van der Waals surface area (Å²) in [5, 5.41) is 4.28. The molecule has 0 aliphatic heterocycles. The Morgan fingerprint density at radius 2 is 1.74 bits per heavy atom. The van der Waals surface area contributed by atoms with Crippen LogP contribution in [0.25, 0.3) is 33.0 Å². The average molecular weight is 569 g/mol. The molecular weight excluding hydrogens is 536 g/mol. The highest BCUT2D eigenvalue weighted by molar-refractivity contribution is 5.96. The molecule has 42 heavy (non-hydrogen) atoms. The second kappa shape index (κ2) is 11.4. The molecular formula is C33H32N2O7. The summed E-state index contributed by atoms with van der Waals surface area (Å²) in [6, 6.07) is 18.8. The Labute approximate surface area is 242 Å². The van der Waals surface area contributed by atoms with Crippen LogP contribution < -0.4 is 20.4 Å². The monoisotopic (exact) mass is 568 g/mol. The van der Waals surface area contributed by atoms with Crippen LogP contribution in [-0.4, -0.2) is 35.8 Å². The van der Waals surface area contributed by atoms with E-state index in [0.717, 1.165) is 22.0 Å². The van der Waals surface area contributed by atoms with Crippen LogP contribution in [0.1, 0.15) is 31.9 Å². The van der Waals surface area contributed by atoms with Crippen LogP contribution in [0.5, 0.6) is 11.5 Å². The molecule has 9 nitrogen and oxygen atoms in total. The third-order valence-corrected chi connectivity index (χ3v) is 6.80. The van der Waals surface area contributed by atoms with E-state index in [9.17, 15) is 14.4 Å². The van der Waals surface area contributed by atoms with Crippen LogP contribution in [-0.2, 0) is 16.0 Å². The molecule has 0 aliphatic rings. The molecule has 0 bridgehead atoms. The Morgan fingerprint density at radius 1 is 1.00 bits per heavy atom. The number of hydrogen-bond donors (Lipinski definition) is 2. The molecule has 216 valence electrons. The molecule has 0 aliphatic carbocycles. The smallest absolute Gasteiger partial charge is 0.408 e. The lowest BCUT2D eigenvalue weighted by Gasteiger charge is -2.23. The minimum Gasteiger partial charge on any atom is -0.497 e. The summed E-state index contributed by atoms with van der Waals surface area (Å²) in [7, 11) is 1.59. The number of H-pyrrole nitrogens is 1. The van der Waals surface area contributed by atoms with Crippen LogP contribution >= 0.6 is 0 Å². The fourth-order valence-corrected chi connectivity index (χ4v) is 4.81. The number of rotatable bonds is 7. The number of fused-ring (bicyclic) bond motifs is 2. The van der Waals surface area contributed by atoms with E-state index in [1.54, 1.807) is 53.1 Å². The number of alkyl carbamates (subject to hydrolysis) is 1. The number of aromatic amines is 1. The van der Waals surface area contributed by atoms with Gasteiger partial charge in [0.25, 0.3) is 0 Å². The van der Waals surface area contributed by atoms with Gasteiger partial charge in [-0.15, -0.1) is 0 Å². The number of benzene rings is 3. The van der Waals surface area contributed by atoms with E-state index < -0.39 is 29.3 Å². The Balaban J connectivity index is 1.47. The van der Waals surface area contributed by atoms with Gasteiger partial charge in [-0.25, -0.2) is 14.4 Å². The van der Waals surface area contributed by atoms with Crippen molar-refractivity contribution in [2.45, 2.75) is 45.8 Å². The lowest BCUT2D eigenvalue weighted by Crippen LogP contribution is -2.46. The highest BCUT2D eigenvalue weighted by atomic mass is 16.6. The Kier molecular flexibility index (Phi) is 7.76. The van der Waals surface area contributed by atoms with Gasteiger partial charge in [0.15, 0.2) is 0 Å². The molecule has 1 amide bonds. The zero-order chi connectivity index (χ0) is 30.0. The molecule has 9 heteroatoms. The molecule has 2 N–H and O–H groups in total. The lowest BCUT2D eigenvalue weighted by atomic mass is 10.00. The number of aryl methyl sites for hydroxylation is 1. The maximum Gasteiger partial charge on any atom is 0.408 e. The predicted molar refractivity (Wildman–Crippen MR) is 160 cm³/mol. The molecule has 5 aromatic rings. The van der Waals surface area contributed by atoms with Crippen molar-refractivity contribution in [3.8, 4) is 22.6 Å². The van der Waals surface area contributed by atoms with Crippen molar-refractivity contribution in [3.05, 3.63) is 94.5 Å². The second-order valence-corrected chi connectivity index (χ2v) is 11.0. The highest BCUT2D eigenvalue weighted by Crippen LogP contribution is 2.34. The molecule has 2 heterocycles. The summed E-state index contributed by atoms with van der Waals surface area (Å²) >= 11 is 0. The maximum absolute atomic E-state index is 13.6. The van der Waals surface area contributed by atoms with Gasteiger partial charge in [0.05, 0.1) is 7.11 Å². The van der Waals surface area contributed by atoms with Gasteiger partial charge >= 0.3 is 17.7 Å². The number of hydrogen-bond acceptors (Lipinski definition) is 7. The number of amides is 1. The first-order chi connectivity index (χ1) is 20.0. The van der Waals surface area contributed by atoms with Crippen LogP contribution in [0.15, 0.2) is 82.1 Å². The van der Waals surface area contributed by atoms with E-state index in [-0.39, 0.29) is 12.2 Å². The highest BCUT2D eigenvalue weighted by Gasteiger charge is 2.28. The lowest BCUT2D eigenvalue weighted by molar-refractivity contribution is -0.136. The number of carbonyl (C=O) groups excluding carboxylic acids is 2. The molecule has 0 spiro atoms. The normalized spacial score (nSPS) is 12.2. The van der Waals surface area contributed by atoms with E-state index in [4.69, 9.17) is 18.6 Å². The summed E-state index contributed by atoms with van der Waals surface area (Å²) in [4.78, 5) is 42.0. The first-order valence-electron chi connectivity index (χ1n) is 13.5. The average Bonchev–Trinajstić information content (AvgIpc) is 3.36. The summed E-state index contributed by atoms with van der Waals surface area (Å²) in [6.45, 7) is 6.94. The number of ether oxygens (including phenoxy) is 3. The molecule has 1 unspecified atom stereocenters. The number of carbonyl (C=O) groups is 2. The summed E-state index contributed by atoms with van der Waals surface area (Å²) < 4.78 is 22.1. The van der Waals surface area contributed by atoms with Gasteiger partial charge in [0.2, 0.25) is 0 Å². The van der Waals surface area contributed by atoms with Gasteiger partial charge in [-0.3, -0.25) is 0 Å². The predicted octanol–water partition coefficient (Wildman–Crippen LogP) is 6.30. The minimum absolute atomic E-state index is 0.158. The van der Waals surface area contributed by atoms with Crippen molar-refractivity contribution in [2.24, 2.45) is 0 Å². The van der Waals surface area contributed by atoms with Crippen LogP contribution in [0.2, 0.25) is 0 Å². The van der Waals surface area contributed by atoms with E-state index in [2.05, 4.69) is 10.3 Å². The SMILES string of the molecule is COc1ccc(-c2cc(=O)oc3c(C)c(OC(=O)C(Cc4c[nH]c5ccccc45)NC(=O)OC(C)(C)C)ccc23)cc1. The van der Waals surface area contributed by atoms with Crippen molar-refractivity contribution >= 4 is 33.9 Å². The quantitative estimate of drug-likeness (QED) is 0.134. The summed E-state index contributed by atoms with van der Waals surface area (Å²) in [5.41, 5.74) is 2.69. The summed E-state index contributed by atoms with van der Waals surface area (Å²) in [5.74, 6) is 0.207. The molecule has 0 radical (unpaired) electrons. The van der Waals surface area contributed by atoms with E-state index in [0.29, 0.717) is 27.8 Å². The van der Waals surface area contributed by atoms with Crippen LogP contribution in [0, 0.1) is 6.92 Å². The van der Waals surface area contributed by atoms with Gasteiger partial charge < -0.3 is 28.9 Å². The third kappa shape index (κ3) is 6.15. The standard InChI is InChI=1S/C33H32N2O7/c1-19-28(15-14-24-25(17-29(36)41-30(19)24)20-10-12-22(39-5)13-11-20)40-31(37)27(35-32(38)42-33(2,3)4)16-21-18-34-26-9-7-6-8-23(21)26/h6-15,17-18,27,34H,16H2,1-5H3,(H,35,38). The van der Waals surface area contributed by atoms with Crippen molar-refractivity contribution in [2.75, 3.05) is 7.11 Å². The number of aromatic nitrogens is 1. The first-order valence-corrected chi connectivity index (χ1v) is 13.5. The van der Waals surface area contributed by atoms with Gasteiger partial charge in [-0.05, 0) is 74.7 Å². The zero-order valence-corrected chi connectivity index (χ0v) is 24.1. The maximum atomic E-state index is 13.6. The van der Waals surface area contributed by atoms with Crippen molar-refractivity contribution < 1.29 is 28.2 Å². The summed E-state index contributed by atoms with van der Waals surface area (Å²) in [6.07, 6.45) is 1.22. The van der Waals surface area contributed by atoms with Crippen molar-refractivity contribution in [1.82, 2.24) is 10.3 Å². The largest absolute Gasteiger partial charge is 0.497 e. The Bertz CT molecular complexity index is 1830. The van der Waals surface area contributed by atoms with Crippen LogP contribution in [0.4, 0.5) is 4.79 Å². The van der Waals surface area contributed by atoms with E-state index in [1.165, 1.54) is 6.07 Å². The minimum atomic E-state index is -1.06.